The van der Waals surface area contributed by atoms with Crippen molar-refractivity contribution in [1.29, 1.82) is 0 Å². The van der Waals surface area contributed by atoms with Gasteiger partial charge in [0.2, 0.25) is 0 Å². The molecule has 0 bridgehead atoms. The van der Waals surface area contributed by atoms with Gasteiger partial charge < -0.3 is 19.9 Å². The topological polar surface area (TPSA) is 70.8 Å². The number of rotatable bonds is 8. The molecule has 0 aliphatic heterocycles. The zero-order valence-corrected chi connectivity index (χ0v) is 11.2. The number of hydrogen-bond acceptors (Lipinski definition) is 5. The van der Waals surface area contributed by atoms with E-state index in [1.54, 1.807) is 7.11 Å². The standard InChI is InChI=1S/C13H17F2NO4/c1-18-5-6-19-3-2-4-20-13(17)9-7-10(14)11(15)8-12(9)16/h7-8H,2-6,16H2,1H3. The van der Waals surface area contributed by atoms with Gasteiger partial charge in [0.05, 0.1) is 25.4 Å². The molecule has 112 valence electrons. The predicted octanol–water partition coefficient (Wildman–Crippen LogP) is 1.76. The number of nitrogens with two attached hydrogens (primary N) is 1. The molecule has 0 spiro atoms. The lowest BCUT2D eigenvalue weighted by Crippen LogP contribution is -2.12. The van der Waals surface area contributed by atoms with Crippen LogP contribution in [0, 0.1) is 11.6 Å². The monoisotopic (exact) mass is 289 g/mol. The Balaban J connectivity index is 2.34. The van der Waals surface area contributed by atoms with Crippen LogP contribution < -0.4 is 5.73 Å². The zero-order valence-electron chi connectivity index (χ0n) is 11.2. The lowest BCUT2D eigenvalue weighted by atomic mass is 10.1. The Hall–Kier alpha value is -1.73. The van der Waals surface area contributed by atoms with Crippen LogP contribution in [0.4, 0.5) is 14.5 Å². The molecule has 0 saturated heterocycles. The summed E-state index contributed by atoms with van der Waals surface area (Å²) < 4.78 is 40.7. The largest absolute Gasteiger partial charge is 0.462 e. The van der Waals surface area contributed by atoms with E-state index in [0.29, 0.717) is 26.2 Å². The molecule has 1 rings (SSSR count). The van der Waals surface area contributed by atoms with Gasteiger partial charge in [-0.25, -0.2) is 13.6 Å². The Morgan fingerprint density at radius 1 is 1.15 bits per heavy atom. The van der Waals surface area contributed by atoms with E-state index in [0.717, 1.165) is 12.1 Å². The normalized spacial score (nSPS) is 10.6. The molecule has 0 aromatic heterocycles. The first-order valence-electron chi connectivity index (χ1n) is 6.04. The lowest BCUT2D eigenvalue weighted by Gasteiger charge is -2.08. The van der Waals surface area contributed by atoms with Crippen molar-refractivity contribution < 1.29 is 27.8 Å². The summed E-state index contributed by atoms with van der Waals surface area (Å²) in [7, 11) is 1.57. The Kier molecular flexibility index (Phi) is 6.89. The van der Waals surface area contributed by atoms with E-state index < -0.39 is 17.6 Å². The van der Waals surface area contributed by atoms with Crippen molar-refractivity contribution in [3.63, 3.8) is 0 Å². The van der Waals surface area contributed by atoms with Crippen molar-refractivity contribution in [2.24, 2.45) is 0 Å². The van der Waals surface area contributed by atoms with Crippen LogP contribution in [-0.2, 0) is 14.2 Å². The average molecular weight is 289 g/mol. The third-order valence-corrected chi connectivity index (χ3v) is 2.41. The second kappa shape index (κ2) is 8.44. The van der Waals surface area contributed by atoms with Crippen molar-refractivity contribution in [2.75, 3.05) is 39.3 Å². The molecule has 0 aliphatic carbocycles. The highest BCUT2D eigenvalue weighted by Crippen LogP contribution is 2.17. The highest BCUT2D eigenvalue weighted by Gasteiger charge is 2.15. The summed E-state index contributed by atoms with van der Waals surface area (Å²) in [5.41, 5.74) is 5.08. The third-order valence-electron chi connectivity index (χ3n) is 2.41. The quantitative estimate of drug-likeness (QED) is 0.448. The highest BCUT2D eigenvalue weighted by molar-refractivity contribution is 5.95. The number of anilines is 1. The summed E-state index contributed by atoms with van der Waals surface area (Å²) in [6.45, 7) is 1.46. The van der Waals surface area contributed by atoms with Gasteiger partial charge in [0.1, 0.15) is 0 Å². The van der Waals surface area contributed by atoms with Gasteiger partial charge >= 0.3 is 5.97 Å². The van der Waals surface area contributed by atoms with Crippen LogP contribution in [-0.4, -0.2) is 39.5 Å². The highest BCUT2D eigenvalue weighted by atomic mass is 19.2. The molecular formula is C13H17F2NO4. The zero-order chi connectivity index (χ0) is 15.0. The number of benzene rings is 1. The summed E-state index contributed by atoms with van der Waals surface area (Å²) in [5, 5.41) is 0. The maximum atomic E-state index is 13.0. The van der Waals surface area contributed by atoms with Crippen LogP contribution in [0.5, 0.6) is 0 Å². The van der Waals surface area contributed by atoms with Gasteiger partial charge in [0.25, 0.3) is 0 Å². The van der Waals surface area contributed by atoms with Crippen molar-refractivity contribution in [3.05, 3.63) is 29.3 Å². The van der Waals surface area contributed by atoms with E-state index in [1.165, 1.54) is 0 Å². The van der Waals surface area contributed by atoms with E-state index in [-0.39, 0.29) is 17.9 Å². The van der Waals surface area contributed by atoms with E-state index in [9.17, 15) is 13.6 Å². The smallest absolute Gasteiger partial charge is 0.340 e. The molecule has 1 aromatic rings. The second-order valence-electron chi connectivity index (χ2n) is 3.95. The summed E-state index contributed by atoms with van der Waals surface area (Å²) in [6, 6.07) is 1.47. The van der Waals surface area contributed by atoms with Gasteiger partial charge in [-0.1, -0.05) is 0 Å². The van der Waals surface area contributed by atoms with Crippen molar-refractivity contribution in [3.8, 4) is 0 Å². The molecule has 0 aliphatic rings. The Morgan fingerprint density at radius 3 is 2.55 bits per heavy atom. The lowest BCUT2D eigenvalue weighted by molar-refractivity contribution is 0.0386. The summed E-state index contributed by atoms with van der Waals surface area (Å²) in [5.74, 6) is -3.04. The van der Waals surface area contributed by atoms with E-state index in [4.69, 9.17) is 19.9 Å². The van der Waals surface area contributed by atoms with Crippen molar-refractivity contribution >= 4 is 11.7 Å². The first kappa shape index (κ1) is 16.3. The number of ether oxygens (including phenoxy) is 3. The molecule has 7 heteroatoms. The molecule has 0 fully saturated rings. The van der Waals surface area contributed by atoms with E-state index in [1.807, 2.05) is 0 Å². The average Bonchev–Trinajstić information content (AvgIpc) is 2.41. The maximum absolute atomic E-state index is 13.0. The minimum Gasteiger partial charge on any atom is -0.462 e. The van der Waals surface area contributed by atoms with Gasteiger partial charge in [-0.3, -0.25) is 0 Å². The summed E-state index contributed by atoms with van der Waals surface area (Å²) >= 11 is 0. The molecule has 20 heavy (non-hydrogen) atoms. The van der Waals surface area contributed by atoms with E-state index >= 15 is 0 Å². The molecule has 0 heterocycles. The van der Waals surface area contributed by atoms with Crippen LogP contribution in [0.2, 0.25) is 0 Å². The molecule has 2 N–H and O–H groups in total. The van der Waals surface area contributed by atoms with Crippen LogP contribution in [0.3, 0.4) is 0 Å². The SMILES string of the molecule is COCCOCCCOC(=O)c1cc(F)c(F)cc1N. The van der Waals surface area contributed by atoms with Crippen molar-refractivity contribution in [1.82, 2.24) is 0 Å². The molecule has 5 nitrogen and oxygen atoms in total. The first-order valence-corrected chi connectivity index (χ1v) is 6.04. The van der Waals surface area contributed by atoms with Gasteiger partial charge in [-0.15, -0.1) is 0 Å². The minimum absolute atomic E-state index is 0.101. The van der Waals surface area contributed by atoms with Gasteiger partial charge in [-0.05, 0) is 6.07 Å². The molecule has 0 radical (unpaired) electrons. The Labute approximate surface area is 115 Å². The van der Waals surface area contributed by atoms with Gasteiger partial charge in [0, 0.05) is 31.9 Å². The number of carbonyl (C=O) groups is 1. The second-order valence-corrected chi connectivity index (χ2v) is 3.95. The molecule has 0 saturated carbocycles. The summed E-state index contributed by atoms with van der Waals surface area (Å²) in [4.78, 5) is 11.6. The molecule has 1 aromatic carbocycles. The predicted molar refractivity (Wildman–Crippen MR) is 68.4 cm³/mol. The number of esters is 1. The Bertz CT molecular complexity index is 454. The number of methoxy groups -OCH3 is 1. The summed E-state index contributed by atoms with van der Waals surface area (Å²) in [6.07, 6.45) is 0.485. The number of halogens is 2. The van der Waals surface area contributed by atoms with Gasteiger partial charge in [-0.2, -0.15) is 0 Å². The van der Waals surface area contributed by atoms with Crippen LogP contribution >= 0.6 is 0 Å². The molecule has 0 unspecified atom stereocenters. The molecule has 0 amide bonds. The Morgan fingerprint density at radius 2 is 1.85 bits per heavy atom. The number of nitrogen functional groups attached to an aromatic ring is 1. The fraction of sp³-hybridized carbons (Fsp3) is 0.462. The van der Waals surface area contributed by atoms with Crippen molar-refractivity contribution in [2.45, 2.75) is 6.42 Å². The van der Waals surface area contributed by atoms with Crippen LogP contribution in [0.1, 0.15) is 16.8 Å². The minimum atomic E-state index is -1.14. The number of carbonyl (C=O) groups excluding carboxylic acids is 1. The molecular weight excluding hydrogens is 272 g/mol. The van der Waals surface area contributed by atoms with Crippen LogP contribution in [0.25, 0.3) is 0 Å². The number of hydrogen-bond donors (Lipinski definition) is 1. The van der Waals surface area contributed by atoms with E-state index in [2.05, 4.69) is 0 Å². The first-order chi connectivity index (χ1) is 9.56. The van der Waals surface area contributed by atoms with Gasteiger partial charge in [0.15, 0.2) is 11.6 Å². The fourth-order valence-electron chi connectivity index (χ4n) is 1.39. The maximum Gasteiger partial charge on any atom is 0.340 e. The fourth-order valence-corrected chi connectivity index (χ4v) is 1.39. The third kappa shape index (κ3) is 5.10. The molecule has 0 atom stereocenters. The van der Waals surface area contributed by atoms with Crippen LogP contribution in [0.15, 0.2) is 12.1 Å².